The molecule has 2 fully saturated rings. The molecule has 1 N–H and O–H groups in total. The lowest BCUT2D eigenvalue weighted by atomic mass is 9.97. The molecule has 2 aliphatic rings. The molecule has 3 amide bonds. The van der Waals surface area contributed by atoms with Gasteiger partial charge in [0, 0.05) is 31.3 Å². The van der Waals surface area contributed by atoms with Crippen LogP contribution >= 0.6 is 0 Å². The number of nitrogens with zero attached hydrogens (tertiary/aromatic N) is 3. The SMILES string of the molecule is O=C(Cc1ccc2cc(-c3ccc(NC(=O)[C@@H]4CCCN4C(=O)Cc4ccccc4)nc3)ccc2c1)[C@@H]1CCCN1C(=O)Cc1ccccc1. The number of benzene rings is 4. The van der Waals surface area contributed by atoms with Crippen molar-refractivity contribution in [3.05, 3.63) is 132 Å². The van der Waals surface area contributed by atoms with Gasteiger partial charge in [-0.05, 0) is 76.9 Å². The van der Waals surface area contributed by atoms with Gasteiger partial charge < -0.3 is 15.1 Å². The largest absolute Gasteiger partial charge is 0.332 e. The Hall–Kier alpha value is -5.63. The number of aromatic nitrogens is 1. The van der Waals surface area contributed by atoms with E-state index in [0.717, 1.165) is 51.4 Å². The molecule has 2 aliphatic heterocycles. The lowest BCUT2D eigenvalue weighted by molar-refractivity contribution is -0.136. The van der Waals surface area contributed by atoms with Gasteiger partial charge in [-0.1, -0.05) is 91.0 Å². The van der Waals surface area contributed by atoms with Gasteiger partial charge in [0.2, 0.25) is 17.7 Å². The molecule has 0 radical (unpaired) electrons. The molecular weight excluding hydrogens is 624 g/mol. The van der Waals surface area contributed by atoms with E-state index >= 15 is 0 Å². The normalized spacial score (nSPS) is 17.2. The molecule has 0 spiro atoms. The molecule has 3 heterocycles. The van der Waals surface area contributed by atoms with Gasteiger partial charge in [0.1, 0.15) is 11.9 Å². The highest BCUT2D eigenvalue weighted by Crippen LogP contribution is 2.28. The molecule has 50 heavy (non-hydrogen) atoms. The van der Waals surface area contributed by atoms with Crippen LogP contribution in [-0.2, 0) is 38.4 Å². The van der Waals surface area contributed by atoms with Gasteiger partial charge in [0.05, 0.1) is 18.9 Å². The first-order valence-electron chi connectivity index (χ1n) is 17.4. The fraction of sp³-hybridized carbons (Fsp3) is 0.262. The van der Waals surface area contributed by atoms with Gasteiger partial charge >= 0.3 is 0 Å². The summed E-state index contributed by atoms with van der Waals surface area (Å²) in [5.74, 6) is 0.271. The molecule has 0 bridgehead atoms. The Morgan fingerprint density at radius 1 is 0.600 bits per heavy atom. The summed E-state index contributed by atoms with van der Waals surface area (Å²) in [4.78, 5) is 60.6. The lowest BCUT2D eigenvalue weighted by Gasteiger charge is -2.24. The monoisotopic (exact) mass is 664 g/mol. The van der Waals surface area contributed by atoms with Crippen LogP contribution < -0.4 is 5.32 Å². The van der Waals surface area contributed by atoms with Gasteiger partial charge in [-0.2, -0.15) is 0 Å². The van der Waals surface area contributed by atoms with Crippen molar-refractivity contribution in [3.63, 3.8) is 0 Å². The molecule has 4 aromatic carbocycles. The molecule has 0 unspecified atom stereocenters. The highest BCUT2D eigenvalue weighted by atomic mass is 16.2. The van der Waals surface area contributed by atoms with Crippen LogP contribution in [-0.4, -0.2) is 63.5 Å². The molecule has 2 atom stereocenters. The average molecular weight is 665 g/mol. The number of ketones is 1. The third kappa shape index (κ3) is 7.49. The van der Waals surface area contributed by atoms with Crippen LogP contribution in [0.3, 0.4) is 0 Å². The minimum Gasteiger partial charge on any atom is -0.332 e. The molecule has 7 rings (SSSR count). The van der Waals surface area contributed by atoms with Crippen LogP contribution in [0.1, 0.15) is 42.4 Å². The van der Waals surface area contributed by atoms with Gasteiger partial charge in [-0.25, -0.2) is 4.98 Å². The second-order valence-electron chi connectivity index (χ2n) is 13.3. The third-order valence-electron chi connectivity index (χ3n) is 9.85. The van der Waals surface area contributed by atoms with Crippen molar-refractivity contribution in [3.8, 4) is 11.1 Å². The van der Waals surface area contributed by atoms with E-state index in [4.69, 9.17) is 0 Å². The van der Waals surface area contributed by atoms with E-state index in [1.807, 2.05) is 91.0 Å². The molecule has 0 saturated carbocycles. The number of hydrogen-bond donors (Lipinski definition) is 1. The zero-order valence-electron chi connectivity index (χ0n) is 28.0. The Morgan fingerprint density at radius 2 is 1.18 bits per heavy atom. The zero-order chi connectivity index (χ0) is 34.5. The molecule has 8 heteroatoms. The minimum atomic E-state index is -0.507. The Bertz CT molecular complexity index is 2010. The summed E-state index contributed by atoms with van der Waals surface area (Å²) >= 11 is 0. The van der Waals surface area contributed by atoms with E-state index in [-0.39, 0.29) is 42.4 Å². The van der Waals surface area contributed by atoms with Crippen molar-refractivity contribution >= 4 is 40.1 Å². The quantitative estimate of drug-likeness (QED) is 0.186. The number of hydrogen-bond acceptors (Lipinski definition) is 5. The number of fused-ring (bicyclic) bond motifs is 1. The van der Waals surface area contributed by atoms with Crippen LogP contribution in [0.5, 0.6) is 0 Å². The summed E-state index contributed by atoms with van der Waals surface area (Å²) in [5.41, 5.74) is 4.72. The summed E-state index contributed by atoms with van der Waals surface area (Å²) in [6.45, 7) is 1.20. The summed E-state index contributed by atoms with van der Waals surface area (Å²) < 4.78 is 0. The summed E-state index contributed by atoms with van der Waals surface area (Å²) in [6.07, 6.45) is 5.59. The van der Waals surface area contributed by atoms with Crippen LogP contribution in [0.4, 0.5) is 5.82 Å². The zero-order valence-corrected chi connectivity index (χ0v) is 28.0. The van der Waals surface area contributed by atoms with E-state index in [0.29, 0.717) is 38.2 Å². The van der Waals surface area contributed by atoms with E-state index < -0.39 is 6.04 Å². The van der Waals surface area contributed by atoms with Gasteiger partial charge in [0.15, 0.2) is 5.78 Å². The Balaban J connectivity index is 0.961. The van der Waals surface area contributed by atoms with Crippen molar-refractivity contribution in [1.29, 1.82) is 0 Å². The van der Waals surface area contributed by atoms with E-state index in [1.54, 1.807) is 22.1 Å². The summed E-state index contributed by atoms with van der Waals surface area (Å²) in [7, 11) is 0. The van der Waals surface area contributed by atoms with Crippen molar-refractivity contribution in [1.82, 2.24) is 14.8 Å². The van der Waals surface area contributed by atoms with Gasteiger partial charge in [-0.15, -0.1) is 0 Å². The number of anilines is 1. The Kier molecular flexibility index (Phi) is 9.78. The van der Waals surface area contributed by atoms with E-state index in [9.17, 15) is 19.2 Å². The maximum atomic E-state index is 13.4. The Morgan fingerprint density at radius 3 is 1.82 bits per heavy atom. The maximum absolute atomic E-state index is 13.4. The van der Waals surface area contributed by atoms with Crippen LogP contribution in [0.2, 0.25) is 0 Å². The third-order valence-corrected chi connectivity index (χ3v) is 9.85. The standard InChI is InChI=1S/C42H40N4O4/c47-38(36-13-7-21-45(36)40(48)25-29-9-3-1-4-10-29)24-31-15-16-33-27-34(18-17-32(33)23-31)35-19-20-39(43-28-35)44-42(50)37-14-8-22-46(37)41(49)26-30-11-5-2-6-12-30/h1-6,9-12,15-20,23,27-28,36-37H,7-8,13-14,21-22,24-26H2,(H,43,44,50)/t36-,37-/m0/s1. The lowest BCUT2D eigenvalue weighted by Crippen LogP contribution is -2.43. The average Bonchev–Trinajstić information content (AvgIpc) is 3.84. The van der Waals surface area contributed by atoms with Gasteiger partial charge in [-0.3, -0.25) is 19.2 Å². The minimum absolute atomic E-state index is 0.00877. The second-order valence-corrected chi connectivity index (χ2v) is 13.3. The van der Waals surface area contributed by atoms with E-state index in [1.165, 1.54) is 0 Å². The number of amides is 3. The number of pyridine rings is 1. The van der Waals surface area contributed by atoms with E-state index in [2.05, 4.69) is 22.4 Å². The summed E-state index contributed by atoms with van der Waals surface area (Å²) in [5, 5.41) is 4.98. The van der Waals surface area contributed by atoms with Crippen molar-refractivity contribution in [2.24, 2.45) is 0 Å². The maximum Gasteiger partial charge on any atom is 0.248 e. The molecular formula is C42H40N4O4. The number of nitrogens with one attached hydrogen (secondary N) is 1. The molecule has 252 valence electrons. The smallest absolute Gasteiger partial charge is 0.248 e. The topological polar surface area (TPSA) is 99.7 Å². The fourth-order valence-electron chi connectivity index (χ4n) is 7.23. The second kappa shape index (κ2) is 14.9. The van der Waals surface area contributed by atoms with Crippen LogP contribution in [0.15, 0.2) is 115 Å². The van der Waals surface area contributed by atoms with Crippen LogP contribution in [0.25, 0.3) is 21.9 Å². The first kappa shape index (κ1) is 32.9. The number of Topliss-reactive ketones (excluding diaryl/α,β-unsaturated/α-hetero) is 1. The Labute approximate surface area is 292 Å². The molecule has 1 aromatic heterocycles. The predicted molar refractivity (Wildman–Crippen MR) is 194 cm³/mol. The first-order chi connectivity index (χ1) is 24.4. The van der Waals surface area contributed by atoms with Crippen molar-refractivity contribution < 1.29 is 19.2 Å². The number of carbonyl (C=O) groups is 4. The number of rotatable bonds is 10. The molecule has 8 nitrogen and oxygen atoms in total. The number of carbonyl (C=O) groups excluding carboxylic acids is 4. The highest BCUT2D eigenvalue weighted by molar-refractivity contribution is 5.97. The van der Waals surface area contributed by atoms with Crippen molar-refractivity contribution in [2.75, 3.05) is 18.4 Å². The molecule has 5 aromatic rings. The molecule has 0 aliphatic carbocycles. The number of likely N-dealkylation sites (tertiary alicyclic amines) is 2. The fourth-order valence-corrected chi connectivity index (χ4v) is 7.23. The summed E-state index contributed by atoms with van der Waals surface area (Å²) in [6, 6.07) is 34.3. The van der Waals surface area contributed by atoms with Crippen LogP contribution in [0, 0.1) is 0 Å². The first-order valence-corrected chi connectivity index (χ1v) is 17.4. The predicted octanol–water partition coefficient (Wildman–Crippen LogP) is 6.42. The highest BCUT2D eigenvalue weighted by Gasteiger charge is 2.35. The van der Waals surface area contributed by atoms with Gasteiger partial charge in [0.25, 0.3) is 0 Å². The molecule has 2 saturated heterocycles. The van der Waals surface area contributed by atoms with Crippen molar-refractivity contribution in [2.45, 2.75) is 57.0 Å².